The largest absolute Gasteiger partial charge is 0.368 e. The molecule has 1 aliphatic heterocycles. The zero-order chi connectivity index (χ0) is 36.7. The van der Waals surface area contributed by atoms with Gasteiger partial charge in [0.1, 0.15) is 36.3 Å². The van der Waals surface area contributed by atoms with E-state index >= 15 is 0 Å². The number of amides is 8. The van der Waals surface area contributed by atoms with Crippen molar-refractivity contribution >= 4 is 47.3 Å². The van der Waals surface area contributed by atoms with Crippen LogP contribution in [0, 0.1) is 11.8 Å². The van der Waals surface area contributed by atoms with Gasteiger partial charge in [0, 0.05) is 13.5 Å². The first-order chi connectivity index (χ1) is 22.4. The van der Waals surface area contributed by atoms with Crippen LogP contribution < -0.4 is 43.4 Å². The molecule has 0 aromatic rings. The Labute approximate surface area is 282 Å². The molecule has 0 aromatic carbocycles. The van der Waals surface area contributed by atoms with E-state index in [1.54, 1.807) is 20.8 Å². The standard InChI is InChI=1S/C31H55N9O8/c1-8-17(4)25(31(48)35-18(5)26(33)43)39-29(46)22-12-10-14-40(22)23(42)15-34-27(44)19(6)36-28(45)21(11-9-13-32)38-30(47)24(16(2)3)37-20(7)41/h16-19,21-22,24-25H,8-15,32H2,1-7H3,(H2,33,43)(H,34,44)(H,35,48)(H,36,45)(H,37,41)(H,38,47)(H,39,46)/t17-,18-,19-,21-,22-,24-,25-/m0/s1. The molecular formula is C31H55N9O8. The lowest BCUT2D eigenvalue weighted by atomic mass is 9.97. The highest BCUT2D eigenvalue weighted by molar-refractivity contribution is 5.96. The highest BCUT2D eigenvalue weighted by Gasteiger charge is 2.37. The highest BCUT2D eigenvalue weighted by atomic mass is 16.2. The summed E-state index contributed by atoms with van der Waals surface area (Å²) in [5.41, 5.74) is 10.9. The van der Waals surface area contributed by atoms with E-state index in [4.69, 9.17) is 11.5 Å². The summed E-state index contributed by atoms with van der Waals surface area (Å²) in [6, 6.07) is -5.78. The molecule has 1 saturated heterocycles. The second-order valence-corrected chi connectivity index (χ2v) is 12.6. The highest BCUT2D eigenvalue weighted by Crippen LogP contribution is 2.19. The van der Waals surface area contributed by atoms with Gasteiger partial charge in [-0.05, 0) is 57.9 Å². The van der Waals surface area contributed by atoms with Crippen LogP contribution in [0.1, 0.15) is 80.6 Å². The quantitative estimate of drug-likeness (QED) is 0.0715. The van der Waals surface area contributed by atoms with Gasteiger partial charge >= 0.3 is 0 Å². The second-order valence-electron chi connectivity index (χ2n) is 12.6. The van der Waals surface area contributed by atoms with Crippen molar-refractivity contribution in [2.75, 3.05) is 19.6 Å². The number of primary amides is 1. The summed E-state index contributed by atoms with van der Waals surface area (Å²) in [6.45, 7) is 11.3. The summed E-state index contributed by atoms with van der Waals surface area (Å²) in [6.07, 6.45) is 2.01. The van der Waals surface area contributed by atoms with Crippen LogP contribution in [0.5, 0.6) is 0 Å². The molecule has 0 radical (unpaired) electrons. The molecule has 1 rings (SSSR count). The Balaban J connectivity index is 2.84. The van der Waals surface area contributed by atoms with E-state index in [1.807, 2.05) is 6.92 Å². The number of nitrogens with zero attached hydrogens (tertiary/aromatic N) is 1. The number of nitrogens with one attached hydrogen (secondary N) is 6. The molecule has 8 amide bonds. The Morgan fingerprint density at radius 3 is 1.94 bits per heavy atom. The van der Waals surface area contributed by atoms with Crippen LogP contribution in [-0.4, -0.2) is 108 Å². The number of rotatable bonds is 19. The lowest BCUT2D eigenvalue weighted by Gasteiger charge is -2.29. The molecule has 0 saturated carbocycles. The number of carbonyl (C=O) groups is 8. The average molecular weight is 682 g/mol. The summed E-state index contributed by atoms with van der Waals surface area (Å²) in [5, 5.41) is 15.4. The Morgan fingerprint density at radius 1 is 0.792 bits per heavy atom. The van der Waals surface area contributed by atoms with Crippen molar-refractivity contribution in [3.63, 3.8) is 0 Å². The van der Waals surface area contributed by atoms with Crippen LogP contribution in [-0.2, 0) is 38.4 Å². The van der Waals surface area contributed by atoms with Gasteiger partial charge in [0.25, 0.3) is 0 Å². The summed E-state index contributed by atoms with van der Waals surface area (Å²) in [4.78, 5) is 102. The van der Waals surface area contributed by atoms with Gasteiger partial charge in [0.15, 0.2) is 0 Å². The maximum absolute atomic E-state index is 13.3. The van der Waals surface area contributed by atoms with Crippen LogP contribution in [0.15, 0.2) is 0 Å². The minimum atomic E-state index is -1.09. The SMILES string of the molecule is CC[C@H](C)[C@H](NC(=O)[C@@H]1CCCN1C(=O)CNC(=O)[C@H](C)NC(=O)[C@H](CCCN)NC(=O)[C@@H](NC(C)=O)C(C)C)C(=O)N[C@@H](C)C(N)=O. The molecule has 10 N–H and O–H groups in total. The molecule has 17 heteroatoms. The molecule has 272 valence electrons. The normalized spacial score (nSPS) is 17.9. The van der Waals surface area contributed by atoms with Gasteiger partial charge in [-0.15, -0.1) is 0 Å². The summed E-state index contributed by atoms with van der Waals surface area (Å²) in [7, 11) is 0. The second kappa shape index (κ2) is 20.2. The van der Waals surface area contributed by atoms with Gasteiger partial charge in [-0.1, -0.05) is 34.1 Å². The zero-order valence-corrected chi connectivity index (χ0v) is 29.1. The van der Waals surface area contributed by atoms with Gasteiger partial charge in [-0.2, -0.15) is 0 Å². The summed E-state index contributed by atoms with van der Waals surface area (Å²) in [5.74, 6) is -5.17. The van der Waals surface area contributed by atoms with Gasteiger partial charge < -0.3 is 48.3 Å². The number of hydrogen-bond donors (Lipinski definition) is 8. The summed E-state index contributed by atoms with van der Waals surface area (Å²) < 4.78 is 0. The molecule has 48 heavy (non-hydrogen) atoms. The molecular weight excluding hydrogens is 626 g/mol. The fourth-order valence-corrected chi connectivity index (χ4v) is 5.07. The fourth-order valence-electron chi connectivity index (χ4n) is 5.07. The van der Waals surface area contributed by atoms with Crippen molar-refractivity contribution in [3.05, 3.63) is 0 Å². The number of carbonyl (C=O) groups excluding carboxylic acids is 8. The molecule has 0 unspecified atom stereocenters. The van der Waals surface area contributed by atoms with E-state index in [1.165, 1.54) is 25.7 Å². The predicted octanol–water partition coefficient (Wildman–Crippen LogP) is -2.50. The molecule has 0 spiro atoms. The fraction of sp³-hybridized carbons (Fsp3) is 0.742. The van der Waals surface area contributed by atoms with Gasteiger partial charge in [-0.3, -0.25) is 38.4 Å². The minimum absolute atomic E-state index is 0.188. The third-order valence-electron chi connectivity index (χ3n) is 8.26. The van der Waals surface area contributed by atoms with Crippen molar-refractivity contribution in [1.82, 2.24) is 36.8 Å². The molecule has 17 nitrogen and oxygen atoms in total. The Bertz CT molecular complexity index is 1180. The van der Waals surface area contributed by atoms with Crippen molar-refractivity contribution in [1.29, 1.82) is 0 Å². The monoisotopic (exact) mass is 681 g/mol. The van der Waals surface area contributed by atoms with E-state index in [0.29, 0.717) is 25.7 Å². The smallest absolute Gasteiger partial charge is 0.243 e. The third-order valence-corrected chi connectivity index (χ3v) is 8.26. The average Bonchev–Trinajstić information content (AvgIpc) is 3.52. The van der Waals surface area contributed by atoms with Crippen molar-refractivity contribution in [3.8, 4) is 0 Å². The Morgan fingerprint density at radius 2 is 1.40 bits per heavy atom. The minimum Gasteiger partial charge on any atom is -0.368 e. The van der Waals surface area contributed by atoms with Crippen LogP contribution in [0.3, 0.4) is 0 Å². The van der Waals surface area contributed by atoms with Crippen molar-refractivity contribution in [2.45, 2.75) is 117 Å². The first-order valence-corrected chi connectivity index (χ1v) is 16.5. The van der Waals surface area contributed by atoms with Crippen LogP contribution in [0.2, 0.25) is 0 Å². The molecule has 1 fully saturated rings. The third kappa shape index (κ3) is 13.1. The first-order valence-electron chi connectivity index (χ1n) is 16.5. The lowest BCUT2D eigenvalue weighted by molar-refractivity contribution is -0.140. The molecule has 1 aliphatic rings. The van der Waals surface area contributed by atoms with Gasteiger partial charge in [0.2, 0.25) is 47.3 Å². The van der Waals surface area contributed by atoms with Crippen molar-refractivity contribution < 1.29 is 38.4 Å². The maximum atomic E-state index is 13.3. The van der Waals surface area contributed by atoms with E-state index in [9.17, 15) is 38.4 Å². The molecule has 0 aliphatic carbocycles. The van der Waals surface area contributed by atoms with Crippen molar-refractivity contribution in [2.24, 2.45) is 23.3 Å². The van der Waals surface area contributed by atoms with E-state index in [0.717, 1.165) is 0 Å². The van der Waals surface area contributed by atoms with E-state index in [-0.39, 0.29) is 31.3 Å². The maximum Gasteiger partial charge on any atom is 0.243 e. The first kappa shape index (κ1) is 41.7. The Hall–Kier alpha value is -4.28. The number of hydrogen-bond acceptors (Lipinski definition) is 9. The summed E-state index contributed by atoms with van der Waals surface area (Å²) >= 11 is 0. The molecule has 0 aromatic heterocycles. The van der Waals surface area contributed by atoms with E-state index < -0.39 is 90.1 Å². The lowest BCUT2D eigenvalue weighted by Crippen LogP contribution is -2.58. The zero-order valence-electron chi connectivity index (χ0n) is 29.1. The number of likely N-dealkylation sites (tertiary alicyclic amines) is 1. The number of nitrogens with two attached hydrogens (primary N) is 2. The van der Waals surface area contributed by atoms with Gasteiger partial charge in [-0.25, -0.2) is 0 Å². The topological polar surface area (TPSA) is 264 Å². The Kier molecular flexibility index (Phi) is 17.5. The van der Waals surface area contributed by atoms with Crippen LogP contribution in [0.25, 0.3) is 0 Å². The van der Waals surface area contributed by atoms with E-state index in [2.05, 4.69) is 31.9 Å². The molecule has 7 atom stereocenters. The van der Waals surface area contributed by atoms with Crippen LogP contribution >= 0.6 is 0 Å². The molecule has 0 bridgehead atoms. The van der Waals surface area contributed by atoms with Gasteiger partial charge in [0.05, 0.1) is 6.54 Å². The molecule has 1 heterocycles. The predicted molar refractivity (Wildman–Crippen MR) is 176 cm³/mol. The van der Waals surface area contributed by atoms with Crippen LogP contribution in [0.4, 0.5) is 0 Å².